The summed E-state index contributed by atoms with van der Waals surface area (Å²) in [6.45, 7) is 2.33. The standard InChI is InChI=1S/C12H12N6/c13-6-9-5-10(14)1-2-11(9)17-3-4-18-8-15-16-12(18)7-17/h1-2,5,8H,3-4,7,14H2. The lowest BCUT2D eigenvalue weighted by Gasteiger charge is -2.29. The Morgan fingerprint density at radius 1 is 1.33 bits per heavy atom. The normalized spacial score (nSPS) is 14.1. The van der Waals surface area contributed by atoms with Gasteiger partial charge in [0.05, 0.1) is 17.8 Å². The first-order chi connectivity index (χ1) is 8.78. The molecule has 18 heavy (non-hydrogen) atoms. The highest BCUT2D eigenvalue weighted by Gasteiger charge is 2.19. The molecule has 1 aliphatic rings. The molecule has 0 bridgehead atoms. The van der Waals surface area contributed by atoms with Gasteiger partial charge in [0.25, 0.3) is 0 Å². The summed E-state index contributed by atoms with van der Waals surface area (Å²) in [5.41, 5.74) is 7.81. The summed E-state index contributed by atoms with van der Waals surface area (Å²) in [5, 5.41) is 17.1. The van der Waals surface area contributed by atoms with Crippen LogP contribution >= 0.6 is 0 Å². The summed E-state index contributed by atoms with van der Waals surface area (Å²) in [5.74, 6) is 0.918. The molecule has 0 aliphatic carbocycles. The molecule has 1 aromatic carbocycles. The van der Waals surface area contributed by atoms with Gasteiger partial charge in [-0.3, -0.25) is 0 Å². The van der Waals surface area contributed by atoms with E-state index in [1.165, 1.54) is 0 Å². The number of nitrogens with two attached hydrogens (primary N) is 1. The molecule has 90 valence electrons. The number of hydrogen-bond donors (Lipinski definition) is 1. The number of anilines is 2. The second-order valence-corrected chi connectivity index (χ2v) is 4.25. The highest BCUT2D eigenvalue weighted by atomic mass is 15.3. The first-order valence-electron chi connectivity index (χ1n) is 5.69. The summed E-state index contributed by atoms with van der Waals surface area (Å²) in [7, 11) is 0. The molecule has 0 amide bonds. The lowest BCUT2D eigenvalue weighted by molar-refractivity contribution is 0.560. The van der Waals surface area contributed by atoms with Gasteiger partial charge in [-0.15, -0.1) is 10.2 Å². The van der Waals surface area contributed by atoms with Crippen molar-refractivity contribution in [1.82, 2.24) is 14.8 Å². The summed E-state index contributed by atoms with van der Waals surface area (Å²) in [6, 6.07) is 7.59. The molecule has 2 N–H and O–H groups in total. The lowest BCUT2D eigenvalue weighted by Crippen LogP contribution is -2.34. The average molecular weight is 240 g/mol. The molecule has 6 heteroatoms. The third kappa shape index (κ3) is 1.66. The largest absolute Gasteiger partial charge is 0.399 e. The SMILES string of the molecule is N#Cc1cc(N)ccc1N1CCn2cnnc2C1. The Balaban J connectivity index is 1.96. The first kappa shape index (κ1) is 10.6. The Morgan fingerprint density at radius 2 is 2.22 bits per heavy atom. The van der Waals surface area contributed by atoms with Crippen LogP contribution in [0.5, 0.6) is 0 Å². The van der Waals surface area contributed by atoms with Crippen molar-refractivity contribution >= 4 is 11.4 Å². The zero-order valence-corrected chi connectivity index (χ0v) is 9.74. The molecule has 1 aliphatic heterocycles. The third-order valence-electron chi connectivity index (χ3n) is 3.12. The average Bonchev–Trinajstić information content (AvgIpc) is 2.85. The summed E-state index contributed by atoms with van der Waals surface area (Å²) < 4.78 is 2.03. The van der Waals surface area contributed by atoms with Crippen LogP contribution in [0.4, 0.5) is 11.4 Å². The fourth-order valence-electron chi connectivity index (χ4n) is 2.19. The Labute approximate surface area is 104 Å². The maximum Gasteiger partial charge on any atom is 0.152 e. The van der Waals surface area contributed by atoms with Crippen LogP contribution in [-0.2, 0) is 13.1 Å². The van der Waals surface area contributed by atoms with Crippen LogP contribution in [0.15, 0.2) is 24.5 Å². The zero-order valence-electron chi connectivity index (χ0n) is 9.74. The van der Waals surface area contributed by atoms with Gasteiger partial charge < -0.3 is 15.2 Å². The first-order valence-corrected chi connectivity index (χ1v) is 5.69. The van der Waals surface area contributed by atoms with Crippen molar-refractivity contribution < 1.29 is 0 Å². The number of nitriles is 1. The molecule has 3 rings (SSSR count). The highest BCUT2D eigenvalue weighted by Crippen LogP contribution is 2.25. The number of nitrogen functional groups attached to an aromatic ring is 1. The van der Waals surface area contributed by atoms with E-state index in [0.717, 1.165) is 24.6 Å². The van der Waals surface area contributed by atoms with E-state index in [2.05, 4.69) is 21.2 Å². The lowest BCUT2D eigenvalue weighted by atomic mass is 10.1. The minimum Gasteiger partial charge on any atom is -0.399 e. The maximum absolute atomic E-state index is 9.16. The van der Waals surface area contributed by atoms with Crippen molar-refractivity contribution in [2.75, 3.05) is 17.2 Å². The molecule has 2 heterocycles. The van der Waals surface area contributed by atoms with Gasteiger partial charge >= 0.3 is 0 Å². The quantitative estimate of drug-likeness (QED) is 0.744. The molecule has 0 spiro atoms. The van der Waals surface area contributed by atoms with E-state index < -0.39 is 0 Å². The monoisotopic (exact) mass is 240 g/mol. The van der Waals surface area contributed by atoms with Gasteiger partial charge in [-0.25, -0.2) is 0 Å². The van der Waals surface area contributed by atoms with Crippen LogP contribution in [0, 0.1) is 11.3 Å². The van der Waals surface area contributed by atoms with Crippen molar-refractivity contribution in [1.29, 1.82) is 5.26 Å². The molecule has 6 nitrogen and oxygen atoms in total. The Bertz CT molecular complexity index is 624. The molecule has 0 radical (unpaired) electrons. The molecule has 0 unspecified atom stereocenters. The van der Waals surface area contributed by atoms with Crippen LogP contribution in [0.25, 0.3) is 0 Å². The van der Waals surface area contributed by atoms with Crippen LogP contribution in [-0.4, -0.2) is 21.3 Å². The van der Waals surface area contributed by atoms with E-state index >= 15 is 0 Å². The van der Waals surface area contributed by atoms with Crippen LogP contribution < -0.4 is 10.6 Å². The number of fused-ring (bicyclic) bond motifs is 1. The number of hydrogen-bond acceptors (Lipinski definition) is 5. The molecule has 0 fully saturated rings. The Morgan fingerprint density at radius 3 is 3.06 bits per heavy atom. The van der Waals surface area contributed by atoms with Crippen molar-refractivity contribution in [2.24, 2.45) is 0 Å². The third-order valence-corrected chi connectivity index (χ3v) is 3.12. The smallest absolute Gasteiger partial charge is 0.152 e. The van der Waals surface area contributed by atoms with Crippen LogP contribution in [0.3, 0.4) is 0 Å². The molecular weight excluding hydrogens is 228 g/mol. The predicted octanol–water partition coefficient (Wildman–Crippen LogP) is 0.752. The minimum absolute atomic E-state index is 0.600. The fraction of sp³-hybridized carbons (Fsp3) is 0.250. The van der Waals surface area contributed by atoms with Gasteiger partial charge in [-0.2, -0.15) is 5.26 Å². The van der Waals surface area contributed by atoms with Gasteiger partial charge in [-0.05, 0) is 18.2 Å². The van der Waals surface area contributed by atoms with Gasteiger partial charge in [0, 0.05) is 18.8 Å². The van der Waals surface area contributed by atoms with Gasteiger partial charge in [0.2, 0.25) is 0 Å². The predicted molar refractivity (Wildman–Crippen MR) is 66.6 cm³/mol. The van der Waals surface area contributed by atoms with E-state index in [9.17, 15) is 0 Å². The maximum atomic E-state index is 9.16. The van der Waals surface area contributed by atoms with E-state index in [1.807, 2.05) is 16.7 Å². The topological polar surface area (TPSA) is 83.8 Å². The number of benzene rings is 1. The van der Waals surface area contributed by atoms with Crippen LogP contribution in [0.2, 0.25) is 0 Å². The summed E-state index contributed by atoms with van der Waals surface area (Å²) >= 11 is 0. The van der Waals surface area contributed by atoms with E-state index in [1.54, 1.807) is 12.4 Å². The minimum atomic E-state index is 0.600. The molecule has 0 atom stereocenters. The number of aromatic nitrogens is 3. The Hall–Kier alpha value is -2.55. The fourth-order valence-corrected chi connectivity index (χ4v) is 2.19. The molecule has 1 aromatic heterocycles. The zero-order chi connectivity index (χ0) is 12.5. The highest BCUT2D eigenvalue weighted by molar-refractivity contribution is 5.64. The van der Waals surface area contributed by atoms with Crippen molar-refractivity contribution in [3.63, 3.8) is 0 Å². The van der Waals surface area contributed by atoms with E-state index in [0.29, 0.717) is 17.8 Å². The molecular formula is C12H12N6. The molecule has 0 saturated carbocycles. The van der Waals surface area contributed by atoms with Gasteiger partial charge in [0.1, 0.15) is 12.4 Å². The van der Waals surface area contributed by atoms with Crippen molar-refractivity contribution in [3.05, 3.63) is 35.9 Å². The molecule has 2 aromatic rings. The van der Waals surface area contributed by atoms with E-state index in [-0.39, 0.29) is 0 Å². The summed E-state index contributed by atoms with van der Waals surface area (Å²) in [6.07, 6.45) is 1.74. The molecule has 0 saturated heterocycles. The second-order valence-electron chi connectivity index (χ2n) is 4.25. The van der Waals surface area contributed by atoms with Gasteiger partial charge in [0.15, 0.2) is 5.82 Å². The second kappa shape index (κ2) is 4.04. The number of rotatable bonds is 1. The van der Waals surface area contributed by atoms with Crippen molar-refractivity contribution in [3.8, 4) is 6.07 Å². The van der Waals surface area contributed by atoms with E-state index in [4.69, 9.17) is 11.0 Å². The van der Waals surface area contributed by atoms with Gasteiger partial charge in [-0.1, -0.05) is 0 Å². The van der Waals surface area contributed by atoms with Crippen LogP contribution in [0.1, 0.15) is 11.4 Å². The summed E-state index contributed by atoms with van der Waals surface area (Å²) in [4.78, 5) is 2.13. The number of nitrogens with zero attached hydrogens (tertiary/aromatic N) is 5. The Kier molecular flexibility index (Phi) is 2.38. The van der Waals surface area contributed by atoms with Crippen molar-refractivity contribution in [2.45, 2.75) is 13.1 Å².